The third kappa shape index (κ3) is 2.88. The van der Waals surface area contributed by atoms with Gasteiger partial charge in [0.15, 0.2) is 11.3 Å². The van der Waals surface area contributed by atoms with Crippen molar-refractivity contribution in [1.82, 2.24) is 0 Å². The van der Waals surface area contributed by atoms with Gasteiger partial charge in [-0.2, -0.15) is 0 Å². The maximum absolute atomic E-state index is 13.2. The standard InChI is InChI=1S/C16H13BrFNO2/c1-20-15-4-2-3-10-7-12(21-16(10)15)9-19-11-5-6-14(18)13(17)8-11/h2-8,19H,9H2,1H3. The molecule has 0 fully saturated rings. The summed E-state index contributed by atoms with van der Waals surface area (Å²) in [4.78, 5) is 0. The number of rotatable bonds is 4. The number of benzene rings is 2. The lowest BCUT2D eigenvalue weighted by molar-refractivity contribution is 0.408. The van der Waals surface area contributed by atoms with Crippen LogP contribution >= 0.6 is 15.9 Å². The second kappa shape index (κ2) is 5.77. The fourth-order valence-electron chi connectivity index (χ4n) is 2.13. The summed E-state index contributed by atoms with van der Waals surface area (Å²) < 4.78 is 24.7. The van der Waals surface area contributed by atoms with E-state index in [9.17, 15) is 4.39 Å². The Balaban J connectivity index is 1.80. The van der Waals surface area contributed by atoms with Gasteiger partial charge in [-0.1, -0.05) is 12.1 Å². The Hall–Kier alpha value is -2.01. The van der Waals surface area contributed by atoms with E-state index in [2.05, 4.69) is 21.2 Å². The lowest BCUT2D eigenvalue weighted by atomic mass is 10.2. The number of anilines is 1. The molecule has 0 radical (unpaired) electrons. The number of furan rings is 1. The molecule has 0 aliphatic rings. The zero-order valence-electron chi connectivity index (χ0n) is 11.3. The number of hydrogen-bond acceptors (Lipinski definition) is 3. The van der Waals surface area contributed by atoms with Crippen LogP contribution in [0.4, 0.5) is 10.1 Å². The molecule has 1 aromatic heterocycles. The molecule has 0 unspecified atom stereocenters. The first-order chi connectivity index (χ1) is 10.2. The SMILES string of the molecule is COc1cccc2cc(CNc3ccc(F)c(Br)c3)oc12. The van der Waals surface area contributed by atoms with Gasteiger partial charge in [-0.05, 0) is 46.3 Å². The van der Waals surface area contributed by atoms with Gasteiger partial charge in [0.25, 0.3) is 0 Å². The predicted octanol–water partition coefficient (Wildman–Crippen LogP) is 4.96. The van der Waals surface area contributed by atoms with Gasteiger partial charge in [-0.15, -0.1) is 0 Å². The molecule has 0 aliphatic carbocycles. The molecule has 0 amide bonds. The molecule has 0 saturated heterocycles. The second-order valence-corrected chi connectivity index (χ2v) is 5.43. The molecule has 5 heteroatoms. The van der Waals surface area contributed by atoms with E-state index in [1.807, 2.05) is 24.3 Å². The molecule has 0 bridgehead atoms. The van der Waals surface area contributed by atoms with Crippen molar-refractivity contribution in [2.24, 2.45) is 0 Å². The molecule has 21 heavy (non-hydrogen) atoms. The molecule has 1 heterocycles. The number of para-hydroxylation sites is 1. The van der Waals surface area contributed by atoms with Gasteiger partial charge < -0.3 is 14.5 Å². The summed E-state index contributed by atoms with van der Waals surface area (Å²) in [6, 6.07) is 12.5. The van der Waals surface area contributed by atoms with E-state index < -0.39 is 0 Å². The molecule has 0 atom stereocenters. The van der Waals surface area contributed by atoms with Crippen LogP contribution in [0.25, 0.3) is 11.0 Å². The molecule has 3 aromatic rings. The Kier molecular flexibility index (Phi) is 3.84. The largest absolute Gasteiger partial charge is 0.493 e. The molecule has 0 aliphatic heterocycles. The number of halogens is 2. The van der Waals surface area contributed by atoms with Crippen LogP contribution in [0.3, 0.4) is 0 Å². The summed E-state index contributed by atoms with van der Waals surface area (Å²) in [6.45, 7) is 0.510. The van der Waals surface area contributed by atoms with Gasteiger partial charge in [0.2, 0.25) is 0 Å². The van der Waals surface area contributed by atoms with Gasteiger partial charge in [0, 0.05) is 11.1 Å². The van der Waals surface area contributed by atoms with E-state index in [-0.39, 0.29) is 5.82 Å². The molecule has 0 saturated carbocycles. The Morgan fingerprint density at radius 3 is 2.86 bits per heavy atom. The van der Waals surface area contributed by atoms with Gasteiger partial charge in [-0.3, -0.25) is 0 Å². The number of nitrogens with one attached hydrogen (secondary N) is 1. The number of methoxy groups -OCH3 is 1. The van der Waals surface area contributed by atoms with Crippen molar-refractivity contribution in [3.05, 3.63) is 58.5 Å². The smallest absolute Gasteiger partial charge is 0.176 e. The first-order valence-electron chi connectivity index (χ1n) is 6.42. The fourth-order valence-corrected chi connectivity index (χ4v) is 2.51. The Morgan fingerprint density at radius 1 is 1.24 bits per heavy atom. The molecular weight excluding hydrogens is 337 g/mol. The highest BCUT2D eigenvalue weighted by atomic mass is 79.9. The number of ether oxygens (including phenoxy) is 1. The molecule has 3 rings (SSSR count). The van der Waals surface area contributed by atoms with Gasteiger partial charge in [0.05, 0.1) is 18.1 Å². The molecule has 3 nitrogen and oxygen atoms in total. The van der Waals surface area contributed by atoms with Crippen molar-refractivity contribution in [2.45, 2.75) is 6.54 Å². The number of fused-ring (bicyclic) bond motifs is 1. The minimum atomic E-state index is -0.283. The average Bonchev–Trinajstić information content (AvgIpc) is 2.91. The van der Waals surface area contributed by atoms with E-state index in [1.165, 1.54) is 6.07 Å². The van der Waals surface area contributed by atoms with Gasteiger partial charge in [0.1, 0.15) is 11.6 Å². The van der Waals surface area contributed by atoms with E-state index in [4.69, 9.17) is 9.15 Å². The second-order valence-electron chi connectivity index (χ2n) is 4.57. The summed E-state index contributed by atoms with van der Waals surface area (Å²) in [5.41, 5.74) is 1.55. The molecule has 1 N–H and O–H groups in total. The van der Waals surface area contributed by atoms with Crippen LogP contribution in [0.1, 0.15) is 5.76 Å². The first-order valence-corrected chi connectivity index (χ1v) is 7.21. The zero-order chi connectivity index (χ0) is 14.8. The highest BCUT2D eigenvalue weighted by molar-refractivity contribution is 9.10. The van der Waals surface area contributed by atoms with Crippen LogP contribution in [-0.4, -0.2) is 7.11 Å². The maximum atomic E-state index is 13.2. The van der Waals surface area contributed by atoms with Crippen LogP contribution in [-0.2, 0) is 6.54 Å². The minimum absolute atomic E-state index is 0.283. The molecule has 2 aromatic carbocycles. The van der Waals surface area contributed by atoms with Crippen molar-refractivity contribution >= 4 is 32.6 Å². The monoisotopic (exact) mass is 349 g/mol. The van der Waals surface area contributed by atoms with Crippen molar-refractivity contribution in [2.75, 3.05) is 12.4 Å². The minimum Gasteiger partial charge on any atom is -0.493 e. The van der Waals surface area contributed by atoms with Crippen LogP contribution in [0.2, 0.25) is 0 Å². The van der Waals surface area contributed by atoms with Crippen molar-refractivity contribution in [3.63, 3.8) is 0 Å². The van der Waals surface area contributed by atoms with E-state index in [1.54, 1.807) is 19.2 Å². The summed E-state index contributed by atoms with van der Waals surface area (Å²) in [6.07, 6.45) is 0. The Morgan fingerprint density at radius 2 is 2.10 bits per heavy atom. The van der Waals surface area contributed by atoms with Crippen molar-refractivity contribution in [1.29, 1.82) is 0 Å². The van der Waals surface area contributed by atoms with Gasteiger partial charge in [-0.25, -0.2) is 4.39 Å². The molecule has 108 valence electrons. The van der Waals surface area contributed by atoms with Crippen LogP contribution < -0.4 is 10.1 Å². The first kappa shape index (κ1) is 13.9. The van der Waals surface area contributed by atoms with E-state index in [0.29, 0.717) is 16.8 Å². The van der Waals surface area contributed by atoms with Crippen LogP contribution in [0, 0.1) is 5.82 Å². The van der Waals surface area contributed by atoms with Crippen molar-refractivity contribution in [3.8, 4) is 5.75 Å². The zero-order valence-corrected chi connectivity index (χ0v) is 12.9. The van der Waals surface area contributed by atoms with Gasteiger partial charge >= 0.3 is 0 Å². The lowest BCUT2D eigenvalue weighted by Crippen LogP contribution is -1.98. The highest BCUT2D eigenvalue weighted by Gasteiger charge is 2.08. The average molecular weight is 350 g/mol. The Labute approximate surface area is 129 Å². The Bertz CT molecular complexity index is 785. The quantitative estimate of drug-likeness (QED) is 0.723. The summed E-state index contributed by atoms with van der Waals surface area (Å²) in [7, 11) is 1.62. The maximum Gasteiger partial charge on any atom is 0.176 e. The normalized spacial score (nSPS) is 10.8. The van der Waals surface area contributed by atoms with Crippen LogP contribution in [0.15, 0.2) is 51.4 Å². The topological polar surface area (TPSA) is 34.4 Å². The van der Waals surface area contributed by atoms with E-state index >= 15 is 0 Å². The third-order valence-corrected chi connectivity index (χ3v) is 3.77. The van der Waals surface area contributed by atoms with E-state index in [0.717, 1.165) is 22.4 Å². The predicted molar refractivity (Wildman–Crippen MR) is 84.2 cm³/mol. The number of hydrogen-bond donors (Lipinski definition) is 1. The molecular formula is C16H13BrFNO2. The fraction of sp³-hybridized carbons (Fsp3) is 0.125. The van der Waals surface area contributed by atoms with Crippen LogP contribution in [0.5, 0.6) is 5.75 Å². The summed E-state index contributed by atoms with van der Waals surface area (Å²) >= 11 is 3.16. The summed E-state index contributed by atoms with van der Waals surface area (Å²) in [5, 5.41) is 4.19. The summed E-state index contributed by atoms with van der Waals surface area (Å²) in [5.74, 6) is 1.22. The molecule has 0 spiro atoms. The highest BCUT2D eigenvalue weighted by Crippen LogP contribution is 2.29. The van der Waals surface area contributed by atoms with Crippen molar-refractivity contribution < 1.29 is 13.5 Å². The lowest BCUT2D eigenvalue weighted by Gasteiger charge is -2.05. The third-order valence-electron chi connectivity index (χ3n) is 3.17.